The fourth-order valence-electron chi connectivity index (χ4n) is 3.41. The summed E-state index contributed by atoms with van der Waals surface area (Å²) in [6.45, 7) is 0. The van der Waals surface area contributed by atoms with Gasteiger partial charge in [-0.05, 0) is 37.2 Å². The molecular formula is C13H15ClN2O2. The van der Waals surface area contributed by atoms with Crippen LogP contribution in [-0.4, -0.2) is 11.0 Å². The SMILES string of the molecule is O=[N+]([O-])c1cccc(Cl)c1NC1CC2CCC1C2. The van der Waals surface area contributed by atoms with Crippen molar-refractivity contribution in [3.8, 4) is 0 Å². The second kappa shape index (κ2) is 4.43. The number of hydrogen-bond acceptors (Lipinski definition) is 3. The number of anilines is 1. The molecule has 0 aromatic heterocycles. The van der Waals surface area contributed by atoms with Gasteiger partial charge < -0.3 is 5.32 Å². The molecule has 3 atom stereocenters. The summed E-state index contributed by atoms with van der Waals surface area (Å²) < 4.78 is 0. The predicted molar refractivity (Wildman–Crippen MR) is 71.0 cm³/mol. The smallest absolute Gasteiger partial charge is 0.293 e. The van der Waals surface area contributed by atoms with Crippen molar-refractivity contribution in [2.75, 3.05) is 5.32 Å². The summed E-state index contributed by atoms with van der Waals surface area (Å²) >= 11 is 6.09. The Bertz CT molecular complexity index is 492. The van der Waals surface area contributed by atoms with Gasteiger partial charge in [0.1, 0.15) is 5.69 Å². The fourth-order valence-corrected chi connectivity index (χ4v) is 3.64. The molecule has 2 fully saturated rings. The molecule has 0 spiro atoms. The number of para-hydroxylation sites is 1. The summed E-state index contributed by atoms with van der Waals surface area (Å²) in [6, 6.07) is 5.17. The molecular weight excluding hydrogens is 252 g/mol. The van der Waals surface area contributed by atoms with E-state index in [4.69, 9.17) is 11.6 Å². The van der Waals surface area contributed by atoms with Crippen LogP contribution in [0.25, 0.3) is 0 Å². The molecule has 0 amide bonds. The van der Waals surface area contributed by atoms with Gasteiger partial charge in [-0.15, -0.1) is 0 Å². The lowest BCUT2D eigenvalue weighted by atomic mass is 9.95. The Labute approximate surface area is 110 Å². The van der Waals surface area contributed by atoms with E-state index in [1.807, 2.05) is 0 Å². The third kappa shape index (κ3) is 1.94. The van der Waals surface area contributed by atoms with Gasteiger partial charge in [0, 0.05) is 12.1 Å². The number of nitro benzene ring substituents is 1. The molecule has 0 aliphatic heterocycles. The zero-order valence-electron chi connectivity index (χ0n) is 9.93. The predicted octanol–water partition coefficient (Wildman–Crippen LogP) is 3.85. The van der Waals surface area contributed by atoms with Crippen molar-refractivity contribution < 1.29 is 4.92 Å². The van der Waals surface area contributed by atoms with Gasteiger partial charge >= 0.3 is 0 Å². The molecule has 2 aliphatic rings. The Morgan fingerprint density at radius 1 is 1.33 bits per heavy atom. The van der Waals surface area contributed by atoms with Crippen LogP contribution in [0.5, 0.6) is 0 Å². The molecule has 1 aromatic carbocycles. The number of hydrogen-bond donors (Lipinski definition) is 1. The minimum absolute atomic E-state index is 0.0743. The van der Waals surface area contributed by atoms with Crippen molar-refractivity contribution in [1.82, 2.24) is 0 Å². The molecule has 0 radical (unpaired) electrons. The van der Waals surface area contributed by atoms with Gasteiger partial charge in [0.25, 0.3) is 5.69 Å². The number of nitrogens with zero attached hydrogens (tertiary/aromatic N) is 1. The first-order chi connectivity index (χ1) is 8.65. The van der Waals surface area contributed by atoms with Crippen LogP contribution < -0.4 is 5.32 Å². The topological polar surface area (TPSA) is 55.2 Å². The van der Waals surface area contributed by atoms with E-state index in [-0.39, 0.29) is 10.6 Å². The van der Waals surface area contributed by atoms with Gasteiger partial charge in [0.2, 0.25) is 0 Å². The van der Waals surface area contributed by atoms with E-state index in [1.165, 1.54) is 25.3 Å². The van der Waals surface area contributed by atoms with Crippen molar-refractivity contribution in [2.45, 2.75) is 31.7 Å². The van der Waals surface area contributed by atoms with Crippen molar-refractivity contribution in [3.63, 3.8) is 0 Å². The zero-order chi connectivity index (χ0) is 12.7. The Kier molecular flexibility index (Phi) is 2.90. The van der Waals surface area contributed by atoms with Crippen LogP contribution in [0.2, 0.25) is 5.02 Å². The first-order valence-corrected chi connectivity index (χ1v) is 6.72. The van der Waals surface area contributed by atoms with Crippen molar-refractivity contribution in [3.05, 3.63) is 33.3 Å². The standard InChI is InChI=1S/C13H15ClN2O2/c14-10-2-1-3-12(16(17)18)13(10)15-11-7-8-4-5-9(11)6-8/h1-3,8-9,11,15H,4-7H2. The van der Waals surface area contributed by atoms with E-state index < -0.39 is 0 Å². The molecule has 1 aromatic rings. The van der Waals surface area contributed by atoms with E-state index in [0.717, 1.165) is 12.3 Å². The molecule has 1 N–H and O–H groups in total. The van der Waals surface area contributed by atoms with E-state index in [0.29, 0.717) is 22.7 Å². The summed E-state index contributed by atoms with van der Waals surface area (Å²) in [5.74, 6) is 1.46. The van der Waals surface area contributed by atoms with Crippen molar-refractivity contribution >= 4 is 23.0 Å². The second-order valence-electron chi connectivity index (χ2n) is 5.32. The number of halogens is 1. The number of benzene rings is 1. The number of nitrogens with one attached hydrogen (secondary N) is 1. The molecule has 2 saturated carbocycles. The van der Waals surface area contributed by atoms with Crippen molar-refractivity contribution in [1.29, 1.82) is 0 Å². The maximum Gasteiger partial charge on any atom is 0.293 e. The largest absolute Gasteiger partial charge is 0.375 e. The zero-order valence-corrected chi connectivity index (χ0v) is 10.7. The van der Waals surface area contributed by atoms with Gasteiger partial charge in [0.15, 0.2) is 0 Å². The van der Waals surface area contributed by atoms with Gasteiger partial charge in [-0.2, -0.15) is 0 Å². The summed E-state index contributed by atoms with van der Waals surface area (Å²) in [7, 11) is 0. The fraction of sp³-hybridized carbons (Fsp3) is 0.538. The Morgan fingerprint density at radius 3 is 2.78 bits per heavy atom. The summed E-state index contributed by atoms with van der Waals surface area (Å²) in [5, 5.41) is 14.8. The highest BCUT2D eigenvalue weighted by atomic mass is 35.5. The molecule has 3 unspecified atom stereocenters. The van der Waals surface area contributed by atoms with Gasteiger partial charge in [0.05, 0.1) is 9.95 Å². The molecule has 0 heterocycles. The van der Waals surface area contributed by atoms with E-state index >= 15 is 0 Å². The monoisotopic (exact) mass is 266 g/mol. The number of fused-ring (bicyclic) bond motifs is 2. The summed E-state index contributed by atoms with van der Waals surface area (Å²) in [4.78, 5) is 10.6. The van der Waals surface area contributed by atoms with Crippen LogP contribution in [0.3, 0.4) is 0 Å². The molecule has 2 bridgehead atoms. The van der Waals surface area contributed by atoms with E-state index in [9.17, 15) is 10.1 Å². The quantitative estimate of drug-likeness (QED) is 0.668. The Balaban J connectivity index is 1.86. The molecule has 18 heavy (non-hydrogen) atoms. The van der Waals surface area contributed by atoms with Gasteiger partial charge in [-0.25, -0.2) is 0 Å². The number of rotatable bonds is 3. The highest BCUT2D eigenvalue weighted by molar-refractivity contribution is 6.33. The molecule has 4 nitrogen and oxygen atoms in total. The van der Waals surface area contributed by atoms with E-state index in [2.05, 4.69) is 5.32 Å². The lowest BCUT2D eigenvalue weighted by Crippen LogP contribution is -2.26. The maximum absolute atomic E-state index is 11.0. The van der Waals surface area contributed by atoms with Crippen LogP contribution in [0.1, 0.15) is 25.7 Å². The Morgan fingerprint density at radius 2 is 2.17 bits per heavy atom. The van der Waals surface area contributed by atoms with Crippen LogP contribution in [0.4, 0.5) is 11.4 Å². The molecule has 2 aliphatic carbocycles. The highest BCUT2D eigenvalue weighted by Gasteiger charge is 2.40. The first kappa shape index (κ1) is 11.8. The lowest BCUT2D eigenvalue weighted by Gasteiger charge is -2.24. The Hall–Kier alpha value is -1.29. The normalized spacial score (nSPS) is 29.5. The summed E-state index contributed by atoms with van der Waals surface area (Å²) in [6.07, 6.45) is 4.93. The molecule has 0 saturated heterocycles. The molecule has 96 valence electrons. The average Bonchev–Trinajstić information content (AvgIpc) is 2.93. The first-order valence-electron chi connectivity index (χ1n) is 6.34. The van der Waals surface area contributed by atoms with Crippen LogP contribution in [-0.2, 0) is 0 Å². The highest BCUT2D eigenvalue weighted by Crippen LogP contribution is 2.46. The summed E-state index contributed by atoms with van der Waals surface area (Å²) in [5.41, 5.74) is 0.562. The lowest BCUT2D eigenvalue weighted by molar-refractivity contribution is -0.384. The maximum atomic E-state index is 11.0. The minimum atomic E-state index is -0.374. The second-order valence-corrected chi connectivity index (χ2v) is 5.72. The van der Waals surface area contributed by atoms with Gasteiger partial charge in [-0.1, -0.05) is 24.1 Å². The van der Waals surface area contributed by atoms with Crippen LogP contribution in [0, 0.1) is 22.0 Å². The van der Waals surface area contributed by atoms with Crippen molar-refractivity contribution in [2.24, 2.45) is 11.8 Å². The third-order valence-corrected chi connectivity index (χ3v) is 4.57. The van der Waals surface area contributed by atoms with Crippen LogP contribution >= 0.6 is 11.6 Å². The minimum Gasteiger partial charge on any atom is -0.375 e. The number of nitro groups is 1. The molecule has 5 heteroatoms. The molecule has 3 rings (SSSR count). The van der Waals surface area contributed by atoms with Gasteiger partial charge in [-0.3, -0.25) is 10.1 Å². The third-order valence-electron chi connectivity index (χ3n) is 4.26. The average molecular weight is 267 g/mol. The van der Waals surface area contributed by atoms with E-state index in [1.54, 1.807) is 12.1 Å². The van der Waals surface area contributed by atoms with Crippen LogP contribution in [0.15, 0.2) is 18.2 Å².